The summed E-state index contributed by atoms with van der Waals surface area (Å²) < 4.78 is 6.30. The number of carboxylic acids is 5. The number of hydrogen-bond acceptors (Lipinski definition) is 10. The molecule has 0 unspecified atom stereocenters. The van der Waals surface area contributed by atoms with Crippen LogP contribution in [0.3, 0.4) is 0 Å². The van der Waals surface area contributed by atoms with Gasteiger partial charge in [-0.2, -0.15) is 0 Å². The van der Waals surface area contributed by atoms with Crippen molar-refractivity contribution >= 4 is 229 Å². The van der Waals surface area contributed by atoms with E-state index in [1.54, 1.807) is 34.6 Å². The monoisotopic (exact) mass is 2180 g/mol. The summed E-state index contributed by atoms with van der Waals surface area (Å²) in [6.07, 6.45) is 28.2. The molecule has 0 fully saturated rings. The van der Waals surface area contributed by atoms with Gasteiger partial charge in [0.15, 0.2) is 0 Å². The molecular weight excluding hydrogens is 2050 g/mol. The molecule has 0 heterocycles. The van der Waals surface area contributed by atoms with Gasteiger partial charge in [0, 0.05) is 50.6 Å². The van der Waals surface area contributed by atoms with Crippen LogP contribution in [-0.4, -0.2) is 113 Å². The molecule has 0 radical (unpaired) electrons. The first-order valence-electron chi connectivity index (χ1n) is 38.6. The number of hydrogen-bond donors (Lipinski definition) is 10. The van der Waals surface area contributed by atoms with Crippen LogP contribution in [0.4, 0.5) is 0 Å². The summed E-state index contributed by atoms with van der Waals surface area (Å²) in [7, 11) is 0. The fraction of sp³-hybridized carbons (Fsp3) is 0.535. The molecule has 0 bridgehead atoms. The number of aryl methyl sites for hydroxylation is 5. The Balaban J connectivity index is 0.00000136. The molecule has 0 aromatic heterocycles. The Labute approximate surface area is 760 Å². The Morgan fingerprint density at radius 3 is 0.811 bits per heavy atom. The standard InChI is InChI=1S/5C17H24INO2S.CH4/c5*1-13(17(20)21)5-2-3-12-19-16(22)7-4-6-14-8-10-15(18)11-9-14;/h5*8-11,13H,2-7,12H2,1H3,(H,19,22)(H,20,21);1H4/t5*13-;/m00000./s1/i18+4;18+0;18-2;18-3;18-4;. The highest BCUT2D eigenvalue weighted by molar-refractivity contribution is 14.1. The minimum absolute atomic E-state index is 0. The highest BCUT2D eigenvalue weighted by atomic mass is 131. The topological polar surface area (TPSA) is 247 Å². The summed E-state index contributed by atoms with van der Waals surface area (Å²) in [4.78, 5) is 58.0. The van der Waals surface area contributed by atoms with E-state index in [4.69, 9.17) is 86.6 Å². The van der Waals surface area contributed by atoms with E-state index in [2.05, 4.69) is 261 Å². The number of aliphatic carboxylic acids is 5. The molecule has 5 aromatic carbocycles. The van der Waals surface area contributed by atoms with E-state index in [0.717, 1.165) is 250 Å². The highest BCUT2D eigenvalue weighted by Crippen LogP contribution is 2.18. The second kappa shape index (κ2) is 68.6. The molecule has 5 atom stereocenters. The molecule has 618 valence electrons. The van der Waals surface area contributed by atoms with Crippen molar-refractivity contribution < 1.29 is 49.5 Å². The van der Waals surface area contributed by atoms with E-state index in [1.807, 2.05) is 0 Å². The van der Waals surface area contributed by atoms with Crippen LogP contribution in [0.15, 0.2) is 121 Å². The van der Waals surface area contributed by atoms with Crippen molar-refractivity contribution in [2.45, 2.75) is 235 Å². The SMILES string of the molecule is C.C[C@@H](CCCCNC(=S)CCCc1ccc([123I])cc1)C(=O)O.C[C@@H](CCCCNC(=S)CCCc1ccc([124I])cc1)C(=O)O.C[C@@H](CCCCNC(=S)CCCc1ccc([125I])cc1)C(=O)O.C[C@@H](CCCCNC(=S)CCCc1ccc([127I])cc1)C(=O)O.C[C@@H](CCCCNC(=S)CCCc1ccc([131I])cc1)C(=O)O. The van der Waals surface area contributed by atoms with E-state index in [9.17, 15) is 24.0 Å². The number of carbonyl (C=O) groups is 5. The molecule has 0 aliphatic rings. The van der Waals surface area contributed by atoms with Crippen molar-refractivity contribution in [1.82, 2.24) is 26.6 Å². The largest absolute Gasteiger partial charge is 0.481 e. The third kappa shape index (κ3) is 62.5. The minimum Gasteiger partial charge on any atom is -0.481 e. The molecule has 0 amide bonds. The molecular formula is C86H124I5N5O10S5. The van der Waals surface area contributed by atoms with Crippen LogP contribution in [0.2, 0.25) is 0 Å². The number of unbranched alkanes of at least 4 members (excludes halogenated alkanes) is 5. The van der Waals surface area contributed by atoms with Gasteiger partial charge in [0.25, 0.3) is 0 Å². The van der Waals surface area contributed by atoms with Crippen molar-refractivity contribution in [2.24, 2.45) is 29.6 Å². The van der Waals surface area contributed by atoms with E-state index in [-0.39, 0.29) is 37.0 Å². The van der Waals surface area contributed by atoms with Crippen LogP contribution >= 0.6 is 174 Å². The number of rotatable bonds is 50. The number of halogens is 5. The van der Waals surface area contributed by atoms with Crippen LogP contribution in [0, 0.1) is 47.4 Å². The van der Waals surface area contributed by atoms with E-state index >= 15 is 0 Å². The molecule has 5 aromatic rings. The predicted octanol–water partition coefficient (Wildman–Crippen LogP) is 22.7. The van der Waals surface area contributed by atoms with Gasteiger partial charge in [0.05, 0.1) is 54.5 Å². The molecule has 0 saturated carbocycles. The average molecular weight is 2180 g/mol. The first-order chi connectivity index (χ1) is 52.4. The quantitative estimate of drug-likeness (QED) is 0.00988. The number of thiocarbonyl (C=S) groups is 5. The van der Waals surface area contributed by atoms with Crippen LogP contribution in [0.5, 0.6) is 0 Å². The fourth-order valence-electron chi connectivity index (χ4n) is 10.6. The molecule has 0 aliphatic heterocycles. The number of benzene rings is 5. The average Bonchev–Trinajstić information content (AvgIpc) is 0.947. The minimum atomic E-state index is -0.709. The smallest absolute Gasteiger partial charge is 0.306 e. The molecule has 0 spiro atoms. The third-order valence-electron chi connectivity index (χ3n) is 18.0. The second-order valence-electron chi connectivity index (χ2n) is 27.8. The van der Waals surface area contributed by atoms with E-state index < -0.39 is 29.8 Å². The maximum absolute atomic E-state index is 10.7. The summed E-state index contributed by atoms with van der Waals surface area (Å²) in [5.41, 5.74) is 6.76. The zero-order chi connectivity index (χ0) is 81.9. The Kier molecular flexibility index (Phi) is 66.5. The maximum atomic E-state index is 10.7. The predicted molar refractivity (Wildman–Crippen MR) is 523 cm³/mol. The van der Waals surface area contributed by atoms with Gasteiger partial charge in [0.2, 0.25) is 0 Å². The number of nitrogens with one attached hydrogen (secondary N) is 5. The fourth-order valence-corrected chi connectivity index (χ4v) is 13.6. The van der Waals surface area contributed by atoms with Gasteiger partial charge < -0.3 is 52.1 Å². The van der Waals surface area contributed by atoms with Crippen molar-refractivity contribution in [3.05, 3.63) is 167 Å². The Morgan fingerprint density at radius 1 is 0.369 bits per heavy atom. The molecule has 10 N–H and O–H groups in total. The van der Waals surface area contributed by atoms with Gasteiger partial charge in [-0.3, -0.25) is 24.0 Å². The van der Waals surface area contributed by atoms with Crippen LogP contribution in [0.1, 0.15) is 230 Å². The maximum Gasteiger partial charge on any atom is 0.306 e. The lowest BCUT2D eigenvalue weighted by atomic mass is 10.0. The molecule has 111 heavy (non-hydrogen) atoms. The molecule has 15 nitrogen and oxygen atoms in total. The molecule has 0 aliphatic carbocycles. The Hall–Kier alpha value is -3.45. The second-order valence-corrected chi connectivity index (χ2v) is 36.5. The van der Waals surface area contributed by atoms with Gasteiger partial charge in [-0.15, -0.1) is 0 Å². The lowest BCUT2D eigenvalue weighted by molar-refractivity contribution is -0.142. The van der Waals surface area contributed by atoms with Crippen molar-refractivity contribution in [1.29, 1.82) is 0 Å². The van der Waals surface area contributed by atoms with E-state index in [1.165, 1.54) is 45.7 Å². The Bertz CT molecular complexity index is 2900. The first kappa shape index (κ1) is 108. The summed E-state index contributed by atoms with van der Waals surface area (Å²) in [5, 5.41) is 60.3. The van der Waals surface area contributed by atoms with Gasteiger partial charge in [0.1, 0.15) is 0 Å². The summed E-state index contributed by atoms with van der Waals surface area (Å²) in [6.45, 7) is 13.0. The summed E-state index contributed by atoms with van der Waals surface area (Å²) in [5.74, 6) is -4.79. The third-order valence-corrected chi connectivity index (χ3v) is 23.3. The van der Waals surface area contributed by atoms with Crippen LogP contribution < -0.4 is 26.6 Å². The zero-order valence-electron chi connectivity index (χ0n) is 64.9. The molecule has 5 rings (SSSR count). The van der Waals surface area contributed by atoms with Crippen LogP contribution in [-0.2, 0) is 56.1 Å². The van der Waals surface area contributed by atoms with Crippen molar-refractivity contribution in [3.63, 3.8) is 0 Å². The van der Waals surface area contributed by atoms with Gasteiger partial charge in [-0.25, -0.2) is 0 Å². The van der Waals surface area contributed by atoms with Gasteiger partial charge in [-0.1, -0.05) is 196 Å². The normalized spacial score (nSPS) is 11.8. The number of carboxylic acid groups (broad SMARTS) is 5. The lowest BCUT2D eigenvalue weighted by Gasteiger charge is -2.09. The summed E-state index contributed by atoms with van der Waals surface area (Å²) >= 11 is 38.2. The van der Waals surface area contributed by atoms with Crippen molar-refractivity contribution in [3.8, 4) is 0 Å². The van der Waals surface area contributed by atoms with Crippen LogP contribution in [0.25, 0.3) is 0 Å². The van der Waals surface area contributed by atoms with Gasteiger partial charge in [-0.05, 0) is 362 Å². The zero-order valence-corrected chi connectivity index (χ0v) is 79.8. The summed E-state index contributed by atoms with van der Waals surface area (Å²) in [6, 6.07) is 43.0. The van der Waals surface area contributed by atoms with E-state index in [0.29, 0.717) is 0 Å². The van der Waals surface area contributed by atoms with Crippen molar-refractivity contribution in [2.75, 3.05) is 32.7 Å². The first-order valence-corrected chi connectivity index (χ1v) is 46.1. The molecule has 25 heteroatoms. The Morgan fingerprint density at radius 2 is 0.577 bits per heavy atom. The molecule has 0 saturated heterocycles. The highest BCUT2D eigenvalue weighted by Gasteiger charge is 2.14. The van der Waals surface area contributed by atoms with Gasteiger partial charge >= 0.3 is 29.8 Å². The lowest BCUT2D eigenvalue weighted by Crippen LogP contribution is -2.22.